The van der Waals surface area contributed by atoms with Crippen molar-refractivity contribution >= 4 is 0 Å². The highest BCUT2D eigenvalue weighted by Gasteiger charge is 2.22. The molecule has 0 aromatic heterocycles. The van der Waals surface area contributed by atoms with E-state index in [0.29, 0.717) is 5.92 Å². The van der Waals surface area contributed by atoms with Crippen molar-refractivity contribution in [2.24, 2.45) is 11.7 Å². The van der Waals surface area contributed by atoms with Crippen LogP contribution < -0.4 is 20.5 Å². The van der Waals surface area contributed by atoms with Crippen LogP contribution in [0.25, 0.3) is 0 Å². The third kappa shape index (κ3) is 2.76. The highest BCUT2D eigenvalue weighted by atomic mass is 16.5. The number of nitrogens with two attached hydrogens (primary N) is 1. The van der Waals surface area contributed by atoms with E-state index >= 15 is 0 Å². The van der Waals surface area contributed by atoms with Crippen LogP contribution in [-0.4, -0.2) is 27.3 Å². The summed E-state index contributed by atoms with van der Waals surface area (Å²) in [7, 11) is 3.29. The van der Waals surface area contributed by atoms with Crippen LogP contribution >= 0.6 is 0 Å². The molecule has 2 rings (SSSR count). The van der Waals surface area contributed by atoms with Gasteiger partial charge in [0.1, 0.15) is 0 Å². The number of nitrogens with one attached hydrogen (secondary N) is 1. The van der Waals surface area contributed by atoms with Gasteiger partial charge in [0.05, 0.1) is 14.2 Å². The van der Waals surface area contributed by atoms with Crippen LogP contribution in [0.1, 0.15) is 24.4 Å². The van der Waals surface area contributed by atoms with Gasteiger partial charge in [-0.05, 0) is 49.5 Å². The molecule has 4 nitrogen and oxygen atoms in total. The monoisotopic (exact) mass is 250 g/mol. The van der Waals surface area contributed by atoms with Crippen molar-refractivity contribution in [1.82, 2.24) is 5.32 Å². The van der Waals surface area contributed by atoms with Crippen LogP contribution in [0.2, 0.25) is 0 Å². The van der Waals surface area contributed by atoms with Crippen LogP contribution in [0.15, 0.2) is 18.2 Å². The van der Waals surface area contributed by atoms with Gasteiger partial charge >= 0.3 is 0 Å². The van der Waals surface area contributed by atoms with Crippen molar-refractivity contribution < 1.29 is 9.47 Å². The summed E-state index contributed by atoms with van der Waals surface area (Å²) in [4.78, 5) is 0. The molecular weight excluding hydrogens is 228 g/mol. The average Bonchev–Trinajstić information content (AvgIpc) is 2.46. The molecule has 4 heteroatoms. The van der Waals surface area contributed by atoms with Gasteiger partial charge in [-0.3, -0.25) is 0 Å². The maximum absolute atomic E-state index is 6.35. The molecular formula is C14H22N2O2. The van der Waals surface area contributed by atoms with Gasteiger partial charge in [0, 0.05) is 6.04 Å². The molecule has 0 amide bonds. The first-order valence-electron chi connectivity index (χ1n) is 6.44. The minimum absolute atomic E-state index is 0.0533. The zero-order valence-electron chi connectivity index (χ0n) is 11.1. The second-order valence-corrected chi connectivity index (χ2v) is 4.75. The molecule has 3 N–H and O–H groups in total. The Labute approximate surface area is 108 Å². The van der Waals surface area contributed by atoms with Crippen molar-refractivity contribution in [1.29, 1.82) is 0 Å². The molecule has 1 aromatic rings. The fraction of sp³-hybridized carbons (Fsp3) is 0.571. The van der Waals surface area contributed by atoms with Gasteiger partial charge in [0.2, 0.25) is 0 Å². The first-order chi connectivity index (χ1) is 8.76. The normalized spacial score (nSPS) is 21.4. The third-order valence-electron chi connectivity index (χ3n) is 3.64. The van der Waals surface area contributed by atoms with E-state index in [1.807, 2.05) is 18.2 Å². The Balaban J connectivity index is 2.16. The first kappa shape index (κ1) is 13.2. The second-order valence-electron chi connectivity index (χ2n) is 4.75. The standard InChI is InChI=1S/C14H22N2O2/c1-17-12-6-5-10(8-13(12)18-2)14(15)11-4-3-7-16-9-11/h5-6,8,11,14,16H,3-4,7,9,15H2,1-2H3. The summed E-state index contributed by atoms with van der Waals surface area (Å²) in [5, 5.41) is 3.40. The van der Waals surface area contributed by atoms with Gasteiger partial charge in [0.15, 0.2) is 11.5 Å². The molecule has 1 aromatic carbocycles. The Kier molecular flexibility index (Phi) is 4.44. The smallest absolute Gasteiger partial charge is 0.161 e. The van der Waals surface area contributed by atoms with E-state index in [0.717, 1.165) is 30.2 Å². The predicted octanol–water partition coefficient (Wildman–Crippen LogP) is 1.70. The van der Waals surface area contributed by atoms with Gasteiger partial charge in [-0.25, -0.2) is 0 Å². The maximum atomic E-state index is 6.35. The molecule has 100 valence electrons. The van der Waals surface area contributed by atoms with Crippen molar-refractivity contribution in [3.63, 3.8) is 0 Å². The van der Waals surface area contributed by atoms with Crippen LogP contribution in [-0.2, 0) is 0 Å². The second kappa shape index (κ2) is 6.07. The largest absolute Gasteiger partial charge is 0.493 e. The summed E-state index contributed by atoms with van der Waals surface area (Å²) in [5.41, 5.74) is 7.46. The summed E-state index contributed by atoms with van der Waals surface area (Å²) < 4.78 is 10.6. The number of methoxy groups -OCH3 is 2. The number of ether oxygens (including phenoxy) is 2. The molecule has 1 aliphatic heterocycles. The molecule has 0 aliphatic carbocycles. The molecule has 2 unspecified atom stereocenters. The molecule has 1 fully saturated rings. The van der Waals surface area contributed by atoms with E-state index < -0.39 is 0 Å². The first-order valence-corrected chi connectivity index (χ1v) is 6.44. The topological polar surface area (TPSA) is 56.5 Å². The lowest BCUT2D eigenvalue weighted by Crippen LogP contribution is -2.36. The molecule has 0 bridgehead atoms. The van der Waals surface area contributed by atoms with Crippen molar-refractivity contribution in [3.05, 3.63) is 23.8 Å². The Bertz CT molecular complexity index is 389. The molecule has 0 radical (unpaired) electrons. The Morgan fingerprint density at radius 3 is 2.67 bits per heavy atom. The Morgan fingerprint density at radius 1 is 1.28 bits per heavy atom. The van der Waals surface area contributed by atoms with Gasteiger partial charge < -0.3 is 20.5 Å². The lowest BCUT2D eigenvalue weighted by molar-refractivity contribution is 0.323. The molecule has 0 spiro atoms. The van der Waals surface area contributed by atoms with Crippen LogP contribution in [0.3, 0.4) is 0 Å². The zero-order valence-corrected chi connectivity index (χ0v) is 11.1. The van der Waals surface area contributed by atoms with Crippen LogP contribution in [0, 0.1) is 5.92 Å². The summed E-state index contributed by atoms with van der Waals surface area (Å²) in [5.74, 6) is 1.99. The summed E-state index contributed by atoms with van der Waals surface area (Å²) in [6, 6.07) is 5.99. The fourth-order valence-electron chi connectivity index (χ4n) is 2.52. The van der Waals surface area contributed by atoms with Gasteiger partial charge in [-0.2, -0.15) is 0 Å². The Hall–Kier alpha value is -1.26. The number of hydrogen-bond acceptors (Lipinski definition) is 4. The van der Waals surface area contributed by atoms with E-state index in [1.54, 1.807) is 14.2 Å². The highest BCUT2D eigenvalue weighted by Crippen LogP contribution is 2.32. The molecule has 1 saturated heterocycles. The minimum atomic E-state index is 0.0533. The molecule has 18 heavy (non-hydrogen) atoms. The van der Waals surface area contributed by atoms with Gasteiger partial charge in [0.25, 0.3) is 0 Å². The lowest BCUT2D eigenvalue weighted by atomic mass is 9.88. The zero-order chi connectivity index (χ0) is 13.0. The summed E-state index contributed by atoms with van der Waals surface area (Å²) in [6.07, 6.45) is 2.38. The molecule has 1 heterocycles. The van der Waals surface area contributed by atoms with E-state index in [1.165, 1.54) is 12.8 Å². The minimum Gasteiger partial charge on any atom is -0.493 e. The molecule has 0 saturated carbocycles. The molecule has 2 atom stereocenters. The van der Waals surface area contributed by atoms with Gasteiger partial charge in [-0.15, -0.1) is 0 Å². The molecule has 1 aliphatic rings. The van der Waals surface area contributed by atoms with E-state index in [4.69, 9.17) is 15.2 Å². The van der Waals surface area contributed by atoms with Crippen molar-refractivity contribution in [3.8, 4) is 11.5 Å². The van der Waals surface area contributed by atoms with Crippen molar-refractivity contribution in [2.45, 2.75) is 18.9 Å². The van der Waals surface area contributed by atoms with E-state index in [2.05, 4.69) is 5.32 Å². The number of benzene rings is 1. The highest BCUT2D eigenvalue weighted by molar-refractivity contribution is 5.43. The van der Waals surface area contributed by atoms with Crippen LogP contribution in [0.5, 0.6) is 11.5 Å². The fourth-order valence-corrected chi connectivity index (χ4v) is 2.52. The Morgan fingerprint density at radius 2 is 2.06 bits per heavy atom. The SMILES string of the molecule is COc1ccc(C(N)C2CCCNC2)cc1OC. The number of rotatable bonds is 4. The number of hydrogen-bond donors (Lipinski definition) is 2. The van der Waals surface area contributed by atoms with E-state index in [9.17, 15) is 0 Å². The van der Waals surface area contributed by atoms with E-state index in [-0.39, 0.29) is 6.04 Å². The predicted molar refractivity (Wildman–Crippen MR) is 72.1 cm³/mol. The average molecular weight is 250 g/mol. The maximum Gasteiger partial charge on any atom is 0.161 e. The number of piperidine rings is 1. The lowest BCUT2D eigenvalue weighted by Gasteiger charge is -2.28. The third-order valence-corrected chi connectivity index (χ3v) is 3.64. The summed E-state index contributed by atoms with van der Waals surface area (Å²) >= 11 is 0. The van der Waals surface area contributed by atoms with Gasteiger partial charge in [-0.1, -0.05) is 6.07 Å². The van der Waals surface area contributed by atoms with Crippen LogP contribution in [0.4, 0.5) is 0 Å². The summed E-state index contributed by atoms with van der Waals surface area (Å²) in [6.45, 7) is 2.10. The quantitative estimate of drug-likeness (QED) is 0.854. The van der Waals surface area contributed by atoms with Crippen molar-refractivity contribution in [2.75, 3.05) is 27.3 Å².